The van der Waals surface area contributed by atoms with Crippen LogP contribution in [0.15, 0.2) is 12.7 Å². The van der Waals surface area contributed by atoms with Gasteiger partial charge in [-0.3, -0.25) is 9.48 Å². The van der Waals surface area contributed by atoms with Crippen LogP contribution in [0.1, 0.15) is 44.7 Å². The summed E-state index contributed by atoms with van der Waals surface area (Å²) in [7, 11) is 0. The van der Waals surface area contributed by atoms with E-state index in [1.807, 2.05) is 6.92 Å². The fraction of sp³-hybridized carbons (Fsp3) is 0.647. The van der Waals surface area contributed by atoms with Crippen LogP contribution in [-0.4, -0.2) is 25.7 Å². The molecular formula is C17H25N5OS. The SMILES string of the molecule is C[C@@H](Cn1cncn1)C(=O)Nc1nc2c(s1)C[C@H](C(C)(C)C)CC2. The highest BCUT2D eigenvalue weighted by Gasteiger charge is 2.31. The Bertz CT molecular complexity index is 701. The topological polar surface area (TPSA) is 72.7 Å². The van der Waals surface area contributed by atoms with E-state index in [0.717, 1.165) is 18.0 Å². The van der Waals surface area contributed by atoms with E-state index >= 15 is 0 Å². The largest absolute Gasteiger partial charge is 0.302 e. The summed E-state index contributed by atoms with van der Waals surface area (Å²) in [6.45, 7) is 9.32. The highest BCUT2D eigenvalue weighted by atomic mass is 32.1. The first-order chi connectivity index (χ1) is 11.3. The monoisotopic (exact) mass is 347 g/mol. The minimum atomic E-state index is -0.185. The number of nitrogens with zero attached hydrogens (tertiary/aromatic N) is 4. The highest BCUT2D eigenvalue weighted by molar-refractivity contribution is 7.15. The molecule has 0 aromatic carbocycles. The van der Waals surface area contributed by atoms with Gasteiger partial charge in [-0.2, -0.15) is 5.10 Å². The Hall–Kier alpha value is -1.76. The number of amides is 1. The van der Waals surface area contributed by atoms with Gasteiger partial charge in [0.2, 0.25) is 5.91 Å². The lowest BCUT2D eigenvalue weighted by molar-refractivity contribution is -0.119. The first-order valence-corrected chi connectivity index (χ1v) is 9.26. The van der Waals surface area contributed by atoms with Crippen molar-refractivity contribution in [2.75, 3.05) is 5.32 Å². The second kappa shape index (κ2) is 6.63. The smallest absolute Gasteiger partial charge is 0.230 e. The van der Waals surface area contributed by atoms with Crippen LogP contribution in [0.4, 0.5) is 5.13 Å². The van der Waals surface area contributed by atoms with E-state index in [9.17, 15) is 4.79 Å². The van der Waals surface area contributed by atoms with Gasteiger partial charge in [-0.1, -0.05) is 27.7 Å². The van der Waals surface area contributed by atoms with Gasteiger partial charge in [0.05, 0.1) is 18.2 Å². The first kappa shape index (κ1) is 17.1. The average Bonchev–Trinajstić information content (AvgIpc) is 3.13. The molecule has 1 amide bonds. The molecule has 0 saturated carbocycles. The molecule has 1 aliphatic carbocycles. The number of aryl methyl sites for hydroxylation is 1. The number of thiazole rings is 1. The van der Waals surface area contributed by atoms with Crippen LogP contribution in [0, 0.1) is 17.3 Å². The number of hydrogen-bond donors (Lipinski definition) is 1. The number of aromatic nitrogens is 4. The third-order valence-corrected chi connectivity index (χ3v) is 5.80. The molecule has 0 spiro atoms. The van der Waals surface area contributed by atoms with Gasteiger partial charge in [-0.05, 0) is 30.6 Å². The van der Waals surface area contributed by atoms with Crippen LogP contribution >= 0.6 is 11.3 Å². The van der Waals surface area contributed by atoms with Gasteiger partial charge in [0.25, 0.3) is 0 Å². The quantitative estimate of drug-likeness (QED) is 0.922. The molecule has 0 fully saturated rings. The second-order valence-electron chi connectivity index (χ2n) is 7.70. The summed E-state index contributed by atoms with van der Waals surface area (Å²) in [6, 6.07) is 0. The van der Waals surface area contributed by atoms with E-state index in [0.29, 0.717) is 17.9 Å². The Morgan fingerprint density at radius 1 is 1.50 bits per heavy atom. The van der Waals surface area contributed by atoms with E-state index < -0.39 is 0 Å². The predicted octanol–water partition coefficient (Wildman–Crippen LogP) is 3.16. The fourth-order valence-electron chi connectivity index (χ4n) is 3.09. The number of fused-ring (bicyclic) bond motifs is 1. The van der Waals surface area contributed by atoms with Gasteiger partial charge in [-0.25, -0.2) is 9.97 Å². The number of rotatable bonds is 4. The molecule has 2 heterocycles. The van der Waals surface area contributed by atoms with Crippen LogP contribution in [-0.2, 0) is 24.2 Å². The van der Waals surface area contributed by atoms with Crippen molar-refractivity contribution in [2.45, 2.75) is 53.5 Å². The van der Waals surface area contributed by atoms with E-state index in [2.05, 4.69) is 41.2 Å². The van der Waals surface area contributed by atoms with Crippen LogP contribution in [0.3, 0.4) is 0 Å². The molecule has 0 saturated heterocycles. The van der Waals surface area contributed by atoms with E-state index in [4.69, 9.17) is 0 Å². The number of carbonyl (C=O) groups excluding carboxylic acids is 1. The fourth-order valence-corrected chi connectivity index (χ4v) is 4.18. The number of carbonyl (C=O) groups is 1. The Balaban J connectivity index is 1.63. The first-order valence-electron chi connectivity index (χ1n) is 8.45. The van der Waals surface area contributed by atoms with Crippen molar-refractivity contribution in [3.8, 4) is 0 Å². The highest BCUT2D eigenvalue weighted by Crippen LogP contribution is 2.40. The van der Waals surface area contributed by atoms with Crippen molar-refractivity contribution in [3.05, 3.63) is 23.2 Å². The van der Waals surface area contributed by atoms with Crippen molar-refractivity contribution >= 4 is 22.4 Å². The Labute approximate surface area is 146 Å². The van der Waals surface area contributed by atoms with Crippen molar-refractivity contribution < 1.29 is 4.79 Å². The maximum Gasteiger partial charge on any atom is 0.230 e. The third kappa shape index (κ3) is 3.83. The van der Waals surface area contributed by atoms with Crippen molar-refractivity contribution in [2.24, 2.45) is 17.3 Å². The molecule has 2 aromatic rings. The zero-order valence-corrected chi connectivity index (χ0v) is 15.6. The summed E-state index contributed by atoms with van der Waals surface area (Å²) in [4.78, 5) is 22.2. The van der Waals surface area contributed by atoms with Crippen LogP contribution in [0.5, 0.6) is 0 Å². The number of hydrogen-bond acceptors (Lipinski definition) is 5. The molecule has 0 bridgehead atoms. The molecule has 0 unspecified atom stereocenters. The van der Waals surface area contributed by atoms with Crippen LogP contribution in [0.2, 0.25) is 0 Å². The Morgan fingerprint density at radius 3 is 2.96 bits per heavy atom. The van der Waals surface area contributed by atoms with Gasteiger partial charge in [0, 0.05) is 4.88 Å². The van der Waals surface area contributed by atoms with Crippen molar-refractivity contribution in [3.63, 3.8) is 0 Å². The molecule has 0 radical (unpaired) electrons. The lowest BCUT2D eigenvalue weighted by Crippen LogP contribution is -2.26. The molecule has 24 heavy (non-hydrogen) atoms. The maximum absolute atomic E-state index is 12.4. The molecular weight excluding hydrogens is 322 g/mol. The van der Waals surface area contributed by atoms with E-state index in [1.165, 1.54) is 23.3 Å². The Kier molecular flexibility index (Phi) is 4.71. The second-order valence-corrected chi connectivity index (χ2v) is 8.79. The lowest BCUT2D eigenvalue weighted by Gasteiger charge is -2.33. The molecule has 130 valence electrons. The van der Waals surface area contributed by atoms with Gasteiger partial charge in [0.1, 0.15) is 12.7 Å². The summed E-state index contributed by atoms with van der Waals surface area (Å²) >= 11 is 1.63. The van der Waals surface area contributed by atoms with Gasteiger partial charge >= 0.3 is 0 Å². The molecule has 1 aliphatic rings. The van der Waals surface area contributed by atoms with Crippen LogP contribution < -0.4 is 5.32 Å². The Morgan fingerprint density at radius 2 is 2.29 bits per heavy atom. The van der Waals surface area contributed by atoms with E-state index in [1.54, 1.807) is 22.3 Å². The molecule has 6 nitrogen and oxygen atoms in total. The standard InChI is InChI=1S/C17H25N5OS/c1-11(8-22-10-18-9-19-22)15(23)21-16-20-13-6-5-12(17(2,3)4)7-14(13)24-16/h9-12H,5-8H2,1-4H3,(H,20,21,23)/t11-,12+/m0/s1. The molecule has 0 aliphatic heterocycles. The summed E-state index contributed by atoms with van der Waals surface area (Å²) < 4.78 is 1.67. The van der Waals surface area contributed by atoms with Gasteiger partial charge in [-0.15, -0.1) is 11.3 Å². The zero-order valence-electron chi connectivity index (χ0n) is 14.7. The zero-order chi connectivity index (χ0) is 17.3. The van der Waals surface area contributed by atoms with Crippen molar-refractivity contribution in [1.82, 2.24) is 19.7 Å². The van der Waals surface area contributed by atoms with Gasteiger partial charge in [0.15, 0.2) is 5.13 Å². The third-order valence-electron chi connectivity index (χ3n) is 4.77. The lowest BCUT2D eigenvalue weighted by atomic mass is 9.73. The summed E-state index contributed by atoms with van der Waals surface area (Å²) in [5.41, 5.74) is 1.48. The summed E-state index contributed by atoms with van der Waals surface area (Å²) in [5, 5.41) is 7.74. The molecule has 2 atom stereocenters. The number of nitrogens with one attached hydrogen (secondary N) is 1. The van der Waals surface area contributed by atoms with Crippen molar-refractivity contribution in [1.29, 1.82) is 0 Å². The summed E-state index contributed by atoms with van der Waals surface area (Å²) in [6.07, 6.45) is 6.36. The summed E-state index contributed by atoms with van der Waals surface area (Å²) in [5.74, 6) is 0.471. The maximum atomic E-state index is 12.4. The minimum absolute atomic E-state index is 0.0241. The molecule has 3 rings (SSSR count). The molecule has 1 N–H and O–H groups in total. The predicted molar refractivity (Wildman–Crippen MR) is 94.9 cm³/mol. The normalized spacial score (nSPS) is 18.9. The number of anilines is 1. The van der Waals surface area contributed by atoms with Gasteiger partial charge < -0.3 is 5.32 Å². The van der Waals surface area contributed by atoms with E-state index in [-0.39, 0.29) is 11.8 Å². The average molecular weight is 347 g/mol. The molecule has 2 aromatic heterocycles. The molecule has 7 heteroatoms. The van der Waals surface area contributed by atoms with Crippen LogP contribution in [0.25, 0.3) is 0 Å². The minimum Gasteiger partial charge on any atom is -0.302 e.